The second kappa shape index (κ2) is 17.1. The maximum Gasteiger partial charge on any atom is 0.425 e. The van der Waals surface area contributed by atoms with E-state index in [4.69, 9.17) is 9.47 Å². The molecular weight excluding hydrogens is 791 g/mol. The van der Waals surface area contributed by atoms with Crippen molar-refractivity contribution in [3.8, 4) is 11.5 Å². The first-order valence-corrected chi connectivity index (χ1v) is 20.5. The number of carboxylic acid groups (broad SMARTS) is 1. The fraction of sp³-hybridized carbons (Fsp3) is 0.561. The van der Waals surface area contributed by atoms with Crippen LogP contribution in [0.15, 0.2) is 54.2 Å². The van der Waals surface area contributed by atoms with E-state index in [1.54, 1.807) is 18.9 Å². The summed E-state index contributed by atoms with van der Waals surface area (Å²) in [6, 6.07) is 7.88. The molecule has 0 spiro atoms. The molecule has 2 atom stereocenters. The lowest BCUT2D eigenvalue weighted by Crippen LogP contribution is -2.69. The van der Waals surface area contributed by atoms with E-state index in [0.717, 1.165) is 35.8 Å². The Kier molecular flexibility index (Phi) is 12.7. The average molecular weight is 839 g/mol. The molecule has 0 bridgehead atoms. The molecule has 1 aromatic carbocycles. The van der Waals surface area contributed by atoms with Crippen molar-refractivity contribution < 1.29 is 55.3 Å². The summed E-state index contributed by atoms with van der Waals surface area (Å²) in [6.07, 6.45) is -3.13. The van der Waals surface area contributed by atoms with Crippen LogP contribution < -0.4 is 14.8 Å². The number of halogens is 6. The molecule has 4 heterocycles. The SMILES string of the molecule is CCCC1N(C(=O)c2cnccc2C(F)(F)F)CCCC1(Oc1csc(C(F)(F)F)c1)C(=O)N1CCC(NC)(c2ccccc2OCCCC2(C(=O)O)CCC2)CC1. The number of hydrogen-bond donors (Lipinski definition) is 2. The van der Waals surface area contributed by atoms with Gasteiger partial charge in [0.2, 0.25) is 5.60 Å². The summed E-state index contributed by atoms with van der Waals surface area (Å²) in [5.74, 6) is -1.96. The summed E-state index contributed by atoms with van der Waals surface area (Å²) < 4.78 is 96.3. The number of benzene rings is 1. The molecule has 2 aliphatic heterocycles. The number of hydrogen-bond acceptors (Lipinski definition) is 8. The van der Waals surface area contributed by atoms with E-state index >= 15 is 4.79 Å². The van der Waals surface area contributed by atoms with E-state index in [1.807, 2.05) is 24.3 Å². The molecule has 2 aromatic heterocycles. The number of para-hydroxylation sites is 1. The molecule has 2 amide bonds. The van der Waals surface area contributed by atoms with Gasteiger partial charge >= 0.3 is 18.3 Å². The van der Waals surface area contributed by atoms with E-state index in [0.29, 0.717) is 74.7 Å². The fourth-order valence-electron chi connectivity index (χ4n) is 8.87. The van der Waals surface area contributed by atoms with Gasteiger partial charge in [-0.25, -0.2) is 0 Å². The minimum Gasteiger partial charge on any atom is -0.493 e. The fourth-order valence-corrected chi connectivity index (χ4v) is 9.55. The monoisotopic (exact) mass is 838 g/mol. The van der Waals surface area contributed by atoms with Crippen LogP contribution in [0.3, 0.4) is 0 Å². The summed E-state index contributed by atoms with van der Waals surface area (Å²) in [4.78, 5) is 46.7. The highest BCUT2D eigenvalue weighted by Gasteiger charge is 2.57. The number of ether oxygens (including phenoxy) is 2. The molecule has 1 aliphatic carbocycles. The number of carbonyl (C=O) groups excluding carboxylic acids is 2. The first-order valence-electron chi connectivity index (χ1n) is 19.6. The Balaban J connectivity index is 1.28. The van der Waals surface area contributed by atoms with Gasteiger partial charge in [0.1, 0.15) is 16.4 Å². The number of rotatable bonds is 14. The van der Waals surface area contributed by atoms with Crippen LogP contribution in [0.2, 0.25) is 0 Å². The number of nitrogens with zero attached hydrogens (tertiary/aromatic N) is 3. The number of piperidine rings is 2. The van der Waals surface area contributed by atoms with Crippen LogP contribution in [0, 0.1) is 5.41 Å². The Morgan fingerprint density at radius 3 is 2.31 bits per heavy atom. The van der Waals surface area contributed by atoms with Gasteiger partial charge < -0.3 is 29.7 Å². The van der Waals surface area contributed by atoms with Crippen LogP contribution in [0.1, 0.15) is 104 Å². The Morgan fingerprint density at radius 2 is 1.71 bits per heavy atom. The second-order valence-corrected chi connectivity index (χ2v) is 16.4. The third-order valence-corrected chi connectivity index (χ3v) is 13.1. The number of aromatic nitrogens is 1. The summed E-state index contributed by atoms with van der Waals surface area (Å²) in [5, 5.41) is 14.3. The average Bonchev–Trinajstić information content (AvgIpc) is 3.66. The van der Waals surface area contributed by atoms with Crippen LogP contribution in [-0.2, 0) is 27.5 Å². The zero-order valence-corrected chi connectivity index (χ0v) is 33.2. The molecule has 17 heteroatoms. The standard InChI is InChI=1S/C41H48F6N4O6S/c1-3-9-32-39(57-27-24-33(58-26-27)41(45,46)47,16-7-20-51(32)34(52)28-25-49-19-12-29(28)40(42,43)44)35(53)50-21-17-38(48-2,18-22-50)30-10-4-5-11-31(30)56-23-8-15-37(36(54)55)13-6-14-37/h4-5,10-12,19,24-26,32,48H,3,6-9,13-18,20-23H2,1-2H3,(H,54,55). The number of thiophene rings is 1. The van der Waals surface area contributed by atoms with E-state index in [1.165, 1.54) is 4.90 Å². The number of carbonyl (C=O) groups is 3. The molecule has 316 valence electrons. The number of pyridine rings is 1. The van der Waals surface area contributed by atoms with Crippen molar-refractivity contribution in [3.05, 3.63) is 75.7 Å². The van der Waals surface area contributed by atoms with Gasteiger partial charge in [0.15, 0.2) is 0 Å². The topological polar surface area (TPSA) is 121 Å². The number of aliphatic carboxylic acids is 1. The minimum absolute atomic E-state index is 0.00412. The zero-order valence-electron chi connectivity index (χ0n) is 32.4. The molecule has 3 fully saturated rings. The molecule has 2 N–H and O–H groups in total. The maximum absolute atomic E-state index is 15.1. The van der Waals surface area contributed by atoms with Crippen molar-refractivity contribution in [1.82, 2.24) is 20.1 Å². The molecule has 0 radical (unpaired) electrons. The van der Waals surface area contributed by atoms with Gasteiger partial charge in [-0.3, -0.25) is 19.4 Å². The van der Waals surface area contributed by atoms with Crippen LogP contribution in [0.25, 0.3) is 0 Å². The van der Waals surface area contributed by atoms with E-state index < -0.39 is 68.7 Å². The van der Waals surface area contributed by atoms with Crippen molar-refractivity contribution >= 4 is 29.1 Å². The first kappa shape index (κ1) is 43.2. The lowest BCUT2D eigenvalue weighted by molar-refractivity contribution is -0.161. The highest BCUT2D eigenvalue weighted by atomic mass is 32.1. The summed E-state index contributed by atoms with van der Waals surface area (Å²) in [5.41, 5.74) is -4.33. The number of likely N-dealkylation sites (tertiary alicyclic amines) is 2. The van der Waals surface area contributed by atoms with Gasteiger partial charge in [0.25, 0.3) is 11.8 Å². The van der Waals surface area contributed by atoms with Crippen LogP contribution >= 0.6 is 11.3 Å². The zero-order chi connectivity index (χ0) is 41.9. The van der Waals surface area contributed by atoms with Crippen molar-refractivity contribution in [2.45, 2.75) is 107 Å². The maximum atomic E-state index is 15.1. The lowest BCUT2D eigenvalue weighted by Gasteiger charge is -2.51. The molecular formula is C41H48F6N4O6S. The van der Waals surface area contributed by atoms with E-state index in [2.05, 4.69) is 10.3 Å². The quantitative estimate of drug-likeness (QED) is 0.123. The van der Waals surface area contributed by atoms with Gasteiger partial charge in [-0.15, -0.1) is 11.3 Å². The third kappa shape index (κ3) is 8.52. The predicted molar refractivity (Wildman–Crippen MR) is 203 cm³/mol. The summed E-state index contributed by atoms with van der Waals surface area (Å²) >= 11 is 0.394. The molecule has 3 aromatic rings. The Labute approximate surface area is 336 Å². The Morgan fingerprint density at radius 1 is 0.983 bits per heavy atom. The molecule has 2 unspecified atom stereocenters. The van der Waals surface area contributed by atoms with E-state index in [-0.39, 0.29) is 44.6 Å². The number of amides is 2. The number of carboxylic acids is 1. The summed E-state index contributed by atoms with van der Waals surface area (Å²) in [6.45, 7) is 2.43. The number of nitrogens with one attached hydrogen (secondary N) is 1. The molecule has 58 heavy (non-hydrogen) atoms. The predicted octanol–water partition coefficient (Wildman–Crippen LogP) is 8.55. The highest BCUT2D eigenvalue weighted by molar-refractivity contribution is 7.10. The van der Waals surface area contributed by atoms with Crippen molar-refractivity contribution in [1.29, 1.82) is 0 Å². The molecule has 2 saturated heterocycles. The largest absolute Gasteiger partial charge is 0.493 e. The highest BCUT2D eigenvalue weighted by Crippen LogP contribution is 2.46. The van der Waals surface area contributed by atoms with Crippen molar-refractivity contribution in [2.24, 2.45) is 5.41 Å². The summed E-state index contributed by atoms with van der Waals surface area (Å²) in [7, 11) is 1.80. The van der Waals surface area contributed by atoms with Gasteiger partial charge in [0.05, 0.1) is 34.7 Å². The van der Waals surface area contributed by atoms with E-state index in [9.17, 15) is 41.0 Å². The first-order chi connectivity index (χ1) is 27.5. The van der Waals surface area contributed by atoms with Crippen LogP contribution in [-0.4, -0.2) is 82.6 Å². The van der Waals surface area contributed by atoms with Gasteiger partial charge in [-0.1, -0.05) is 38.0 Å². The molecule has 1 saturated carbocycles. The second-order valence-electron chi connectivity index (χ2n) is 15.5. The van der Waals surface area contributed by atoms with Crippen molar-refractivity contribution in [2.75, 3.05) is 33.3 Å². The van der Waals surface area contributed by atoms with Gasteiger partial charge in [-0.2, -0.15) is 26.3 Å². The van der Waals surface area contributed by atoms with Gasteiger partial charge in [-0.05, 0) is 70.5 Å². The lowest BCUT2D eigenvalue weighted by atomic mass is 9.66. The van der Waals surface area contributed by atoms with Gasteiger partial charge in [0, 0.05) is 55.5 Å². The Bertz CT molecular complexity index is 1940. The third-order valence-electron chi connectivity index (χ3n) is 12.2. The molecule has 10 nitrogen and oxygen atoms in total. The molecule has 3 aliphatic rings. The smallest absolute Gasteiger partial charge is 0.425 e. The minimum atomic E-state index is -4.88. The Hall–Kier alpha value is -4.38. The van der Waals surface area contributed by atoms with Crippen LogP contribution in [0.4, 0.5) is 26.3 Å². The van der Waals surface area contributed by atoms with Crippen LogP contribution in [0.5, 0.6) is 11.5 Å². The molecule has 6 rings (SSSR count). The normalized spacial score (nSPS) is 21.9. The van der Waals surface area contributed by atoms with Crippen molar-refractivity contribution in [3.63, 3.8) is 0 Å². The number of alkyl halides is 6.